The van der Waals surface area contributed by atoms with Gasteiger partial charge in [-0.3, -0.25) is 9.48 Å². The minimum Gasteiger partial charge on any atom is -0.384 e. The van der Waals surface area contributed by atoms with Gasteiger partial charge in [-0.1, -0.05) is 18.7 Å². The van der Waals surface area contributed by atoms with Gasteiger partial charge < -0.3 is 16.2 Å². The van der Waals surface area contributed by atoms with Gasteiger partial charge in [-0.05, 0) is 43.7 Å². The highest BCUT2D eigenvalue weighted by Gasteiger charge is 2.25. The van der Waals surface area contributed by atoms with E-state index in [1.54, 1.807) is 48.5 Å². The molecule has 32 heavy (non-hydrogen) atoms. The molecule has 164 valence electrons. The minimum absolute atomic E-state index is 0.270. The Kier molecular flexibility index (Phi) is 5.23. The number of hydrogen-bond donors (Lipinski definition) is 3. The number of benzene rings is 1. The zero-order chi connectivity index (χ0) is 23.0. The van der Waals surface area contributed by atoms with E-state index in [-0.39, 0.29) is 5.91 Å². The van der Waals surface area contributed by atoms with Crippen molar-refractivity contribution in [3.05, 3.63) is 60.6 Å². The fourth-order valence-corrected chi connectivity index (χ4v) is 3.54. The van der Waals surface area contributed by atoms with Crippen LogP contribution in [0.2, 0.25) is 0 Å². The smallest absolute Gasteiger partial charge is 0.247 e. The first-order valence-electron chi connectivity index (χ1n) is 9.94. The lowest BCUT2D eigenvalue weighted by Gasteiger charge is -2.16. The molecule has 0 spiro atoms. The standard InChI is InChI=1S/C22H24N8O2/c1-5-17(31)26-14-8-6-13(7-9-14)11-30-21-18(20(23)24-12-25-21)19(28-30)15-10-16(22(2,3)32)29(4)27-15/h5-10,12,32H,1,11H2,2-4H3,(H,26,31)(H2,23,24,25). The molecule has 10 heteroatoms. The average Bonchev–Trinajstić information content (AvgIpc) is 3.31. The molecule has 3 aromatic heterocycles. The molecular weight excluding hydrogens is 408 g/mol. The lowest BCUT2D eigenvalue weighted by Crippen LogP contribution is -2.19. The summed E-state index contributed by atoms with van der Waals surface area (Å²) in [5.41, 5.74) is 9.06. The Hall–Kier alpha value is -4.05. The predicted molar refractivity (Wildman–Crippen MR) is 122 cm³/mol. The van der Waals surface area contributed by atoms with E-state index in [4.69, 9.17) is 10.8 Å². The highest BCUT2D eigenvalue weighted by Crippen LogP contribution is 2.32. The van der Waals surface area contributed by atoms with Gasteiger partial charge in [-0.25, -0.2) is 14.6 Å². The van der Waals surface area contributed by atoms with E-state index in [0.29, 0.717) is 46.2 Å². The molecule has 0 atom stereocenters. The summed E-state index contributed by atoms with van der Waals surface area (Å²) in [6.45, 7) is 7.27. The molecule has 0 aliphatic heterocycles. The molecule has 1 amide bonds. The van der Waals surface area contributed by atoms with Gasteiger partial charge in [0.15, 0.2) is 5.65 Å². The summed E-state index contributed by atoms with van der Waals surface area (Å²) < 4.78 is 3.36. The number of aromatic nitrogens is 6. The fraction of sp³-hybridized carbons (Fsp3) is 0.227. The van der Waals surface area contributed by atoms with Crippen LogP contribution >= 0.6 is 0 Å². The highest BCUT2D eigenvalue weighted by molar-refractivity contribution is 5.99. The van der Waals surface area contributed by atoms with E-state index < -0.39 is 5.60 Å². The van der Waals surface area contributed by atoms with Gasteiger partial charge in [0.2, 0.25) is 5.91 Å². The van der Waals surface area contributed by atoms with Gasteiger partial charge >= 0.3 is 0 Å². The SMILES string of the molecule is C=CC(=O)Nc1ccc(Cn2nc(-c3cc(C(C)(C)O)n(C)n3)c3c(N)ncnc32)cc1. The van der Waals surface area contributed by atoms with E-state index in [2.05, 4.69) is 27.0 Å². The lowest BCUT2D eigenvalue weighted by molar-refractivity contribution is -0.111. The molecule has 0 aliphatic rings. The largest absolute Gasteiger partial charge is 0.384 e. The van der Waals surface area contributed by atoms with Crippen LogP contribution in [-0.2, 0) is 24.0 Å². The van der Waals surface area contributed by atoms with Crippen molar-refractivity contribution >= 4 is 28.4 Å². The molecule has 3 heterocycles. The molecule has 4 N–H and O–H groups in total. The molecule has 0 saturated carbocycles. The van der Waals surface area contributed by atoms with E-state index >= 15 is 0 Å². The van der Waals surface area contributed by atoms with Gasteiger partial charge in [-0.2, -0.15) is 10.2 Å². The summed E-state index contributed by atoms with van der Waals surface area (Å²) in [7, 11) is 1.77. The number of carbonyl (C=O) groups excluding carboxylic acids is 1. The number of nitrogens with zero attached hydrogens (tertiary/aromatic N) is 6. The molecule has 0 fully saturated rings. The molecule has 1 aromatic carbocycles. The predicted octanol–water partition coefficient (Wildman–Crippen LogP) is 2.21. The maximum atomic E-state index is 11.5. The van der Waals surface area contributed by atoms with Crippen LogP contribution in [0.5, 0.6) is 0 Å². The molecule has 4 rings (SSSR count). The third-order valence-corrected chi connectivity index (χ3v) is 5.05. The summed E-state index contributed by atoms with van der Waals surface area (Å²) in [5.74, 6) is 0.0302. The van der Waals surface area contributed by atoms with Crippen molar-refractivity contribution in [2.75, 3.05) is 11.1 Å². The number of fused-ring (bicyclic) bond motifs is 1. The number of aryl methyl sites for hydroxylation is 1. The monoisotopic (exact) mass is 432 g/mol. The van der Waals surface area contributed by atoms with Crippen molar-refractivity contribution in [3.8, 4) is 11.4 Å². The fourth-order valence-electron chi connectivity index (χ4n) is 3.54. The first kappa shape index (κ1) is 21.2. The maximum Gasteiger partial charge on any atom is 0.247 e. The normalized spacial score (nSPS) is 11.6. The van der Waals surface area contributed by atoms with Crippen LogP contribution in [0.3, 0.4) is 0 Å². The minimum atomic E-state index is -1.07. The molecule has 10 nitrogen and oxygen atoms in total. The molecule has 0 radical (unpaired) electrons. The van der Waals surface area contributed by atoms with E-state index in [1.165, 1.54) is 12.4 Å². The number of carbonyl (C=O) groups is 1. The molecular formula is C22H24N8O2. The van der Waals surface area contributed by atoms with Gasteiger partial charge in [0, 0.05) is 12.7 Å². The summed E-state index contributed by atoms with van der Waals surface area (Å²) in [4.78, 5) is 20.0. The lowest BCUT2D eigenvalue weighted by atomic mass is 10.0. The number of amides is 1. The van der Waals surface area contributed by atoms with Gasteiger partial charge in [0.25, 0.3) is 0 Å². The van der Waals surface area contributed by atoms with Crippen LogP contribution in [0.15, 0.2) is 49.3 Å². The zero-order valence-electron chi connectivity index (χ0n) is 18.1. The van der Waals surface area contributed by atoms with Gasteiger partial charge in [0.05, 0.1) is 17.6 Å². The summed E-state index contributed by atoms with van der Waals surface area (Å²) in [6.07, 6.45) is 2.62. The molecule has 0 bridgehead atoms. The number of nitrogen functional groups attached to an aromatic ring is 1. The second kappa shape index (κ2) is 7.89. The van der Waals surface area contributed by atoms with Crippen LogP contribution in [0.1, 0.15) is 25.1 Å². The first-order valence-corrected chi connectivity index (χ1v) is 9.94. The van der Waals surface area contributed by atoms with Crippen molar-refractivity contribution in [2.45, 2.75) is 26.0 Å². The topological polar surface area (TPSA) is 137 Å². The van der Waals surface area contributed by atoms with Crippen LogP contribution in [0.25, 0.3) is 22.4 Å². The van der Waals surface area contributed by atoms with Crippen LogP contribution < -0.4 is 11.1 Å². The van der Waals surface area contributed by atoms with Crippen LogP contribution in [0, 0.1) is 0 Å². The summed E-state index contributed by atoms with van der Waals surface area (Å²) in [6, 6.07) is 9.19. The number of rotatable bonds is 6. The van der Waals surface area contributed by atoms with Crippen molar-refractivity contribution in [3.63, 3.8) is 0 Å². The second-order valence-corrected chi connectivity index (χ2v) is 7.95. The third kappa shape index (κ3) is 3.95. The molecule has 0 unspecified atom stereocenters. The van der Waals surface area contributed by atoms with Crippen molar-refractivity contribution in [1.29, 1.82) is 0 Å². The summed E-state index contributed by atoms with van der Waals surface area (Å²) >= 11 is 0. The van der Waals surface area contributed by atoms with Gasteiger partial charge in [0.1, 0.15) is 29.1 Å². The summed E-state index contributed by atoms with van der Waals surface area (Å²) in [5, 5.41) is 23.0. The Morgan fingerprint density at radius 1 is 1.25 bits per heavy atom. The van der Waals surface area contributed by atoms with Crippen molar-refractivity contribution in [2.24, 2.45) is 7.05 Å². The number of aliphatic hydroxyl groups is 1. The Morgan fingerprint density at radius 3 is 2.59 bits per heavy atom. The third-order valence-electron chi connectivity index (χ3n) is 5.05. The Bertz CT molecular complexity index is 1310. The Labute approximate surface area is 184 Å². The Balaban J connectivity index is 1.74. The van der Waals surface area contributed by atoms with Crippen molar-refractivity contribution < 1.29 is 9.90 Å². The number of anilines is 2. The molecule has 0 saturated heterocycles. The molecule has 0 aliphatic carbocycles. The number of hydrogen-bond acceptors (Lipinski definition) is 7. The van der Waals surface area contributed by atoms with E-state index in [1.807, 2.05) is 12.1 Å². The average molecular weight is 432 g/mol. The molecule has 4 aromatic rings. The number of nitrogens with one attached hydrogen (secondary N) is 1. The highest BCUT2D eigenvalue weighted by atomic mass is 16.3. The quantitative estimate of drug-likeness (QED) is 0.397. The van der Waals surface area contributed by atoms with Crippen molar-refractivity contribution in [1.82, 2.24) is 29.5 Å². The number of nitrogens with two attached hydrogens (primary N) is 1. The van der Waals surface area contributed by atoms with E-state index in [0.717, 1.165) is 5.56 Å². The van der Waals surface area contributed by atoms with Crippen LogP contribution in [0.4, 0.5) is 11.5 Å². The van der Waals surface area contributed by atoms with E-state index in [9.17, 15) is 9.90 Å². The first-order chi connectivity index (χ1) is 15.2. The van der Waals surface area contributed by atoms with Crippen LogP contribution in [-0.4, -0.2) is 40.5 Å². The Morgan fingerprint density at radius 2 is 1.97 bits per heavy atom. The maximum absolute atomic E-state index is 11.5. The zero-order valence-corrected chi connectivity index (χ0v) is 18.1. The second-order valence-electron chi connectivity index (χ2n) is 7.95. The van der Waals surface area contributed by atoms with Gasteiger partial charge in [-0.15, -0.1) is 0 Å².